The molecule has 0 bridgehead atoms. The highest BCUT2D eigenvalue weighted by molar-refractivity contribution is 7.85. The average Bonchev–Trinajstić information content (AvgIpc) is 3.29. The second-order valence-corrected chi connectivity index (χ2v) is 9.03. The van der Waals surface area contributed by atoms with Gasteiger partial charge in [-0.05, 0) is 37.8 Å². The van der Waals surface area contributed by atoms with Crippen LogP contribution in [0.2, 0.25) is 0 Å². The van der Waals surface area contributed by atoms with Gasteiger partial charge in [0.2, 0.25) is 0 Å². The highest BCUT2D eigenvalue weighted by Crippen LogP contribution is 2.36. The molecule has 0 spiro atoms. The van der Waals surface area contributed by atoms with E-state index < -0.39 is 11.0 Å². The maximum atomic E-state index is 13.3. The number of para-hydroxylation sites is 1. The van der Waals surface area contributed by atoms with Gasteiger partial charge in [0.15, 0.2) is 15.3 Å². The largest absolute Gasteiger partial charge is 0.235 e. The molecule has 1 aromatic carbocycles. The van der Waals surface area contributed by atoms with Crippen LogP contribution in [0.3, 0.4) is 0 Å². The fourth-order valence-corrected chi connectivity index (χ4v) is 6.73. The number of nitrogens with zero attached hydrogens (tertiary/aromatic N) is 2. The van der Waals surface area contributed by atoms with E-state index in [1.165, 1.54) is 51.4 Å². The Balaban J connectivity index is 1.66. The molecule has 5 heteroatoms. The van der Waals surface area contributed by atoms with E-state index in [2.05, 4.69) is 15.4 Å². The molecular weight excluding hydrogens is 312 g/mol. The second kappa shape index (κ2) is 6.38. The van der Waals surface area contributed by atoms with E-state index in [1.807, 2.05) is 18.2 Å². The molecule has 2 aromatic rings. The smallest absolute Gasteiger partial charge is 0.197 e. The van der Waals surface area contributed by atoms with Crippen LogP contribution in [0.25, 0.3) is 10.2 Å². The second-order valence-electron chi connectivity index (χ2n) is 6.43. The summed E-state index contributed by atoms with van der Waals surface area (Å²) in [6, 6.07) is 9.11. The third kappa shape index (κ3) is 2.74. The van der Waals surface area contributed by atoms with Gasteiger partial charge in [0.25, 0.3) is 0 Å². The van der Waals surface area contributed by atoms with E-state index in [1.54, 1.807) is 11.3 Å². The first kappa shape index (κ1) is 14.8. The Kier molecular flexibility index (Phi) is 4.29. The molecule has 1 heterocycles. The highest BCUT2D eigenvalue weighted by atomic mass is 32.2. The van der Waals surface area contributed by atoms with Gasteiger partial charge in [0.05, 0.1) is 10.2 Å². The van der Waals surface area contributed by atoms with E-state index in [0.717, 1.165) is 14.6 Å². The third-order valence-corrected chi connectivity index (χ3v) is 7.86. The van der Waals surface area contributed by atoms with E-state index in [-0.39, 0.29) is 0 Å². The number of aromatic nitrogens is 1. The predicted molar refractivity (Wildman–Crippen MR) is 92.4 cm³/mol. The molecule has 22 heavy (non-hydrogen) atoms. The topological polar surface area (TPSA) is 33.2 Å². The Bertz CT molecular complexity index is 623. The molecule has 2 saturated carbocycles. The zero-order valence-corrected chi connectivity index (χ0v) is 14.4. The number of rotatable bonds is 4. The molecule has 2 fully saturated rings. The molecule has 0 saturated heterocycles. The van der Waals surface area contributed by atoms with Gasteiger partial charge in [-0.15, -0.1) is 11.3 Å². The van der Waals surface area contributed by atoms with Gasteiger partial charge in [-0.3, -0.25) is 0 Å². The molecule has 1 aromatic heterocycles. The van der Waals surface area contributed by atoms with Crippen LogP contribution in [0.5, 0.6) is 0 Å². The molecule has 0 amide bonds. The minimum atomic E-state index is -1.09. The lowest BCUT2D eigenvalue weighted by molar-refractivity contribution is 0.265. The molecule has 2 aliphatic rings. The Labute approximate surface area is 138 Å². The van der Waals surface area contributed by atoms with Gasteiger partial charge in [0.1, 0.15) is 0 Å². The quantitative estimate of drug-likeness (QED) is 0.824. The van der Waals surface area contributed by atoms with Crippen molar-refractivity contribution in [2.24, 2.45) is 0 Å². The van der Waals surface area contributed by atoms with Gasteiger partial charge in [-0.2, -0.15) is 0 Å². The van der Waals surface area contributed by atoms with Crippen molar-refractivity contribution >= 4 is 32.5 Å². The molecule has 3 nitrogen and oxygen atoms in total. The monoisotopic (exact) mass is 334 g/mol. The highest BCUT2D eigenvalue weighted by Gasteiger charge is 2.36. The lowest BCUT2D eigenvalue weighted by atomic mass is 10.2. The molecule has 4 rings (SSSR count). The summed E-state index contributed by atoms with van der Waals surface area (Å²) in [4.78, 5) is 4.65. The molecule has 0 aliphatic heterocycles. The minimum absolute atomic E-state index is 0.496. The van der Waals surface area contributed by atoms with Crippen LogP contribution >= 0.6 is 11.3 Å². The summed E-state index contributed by atoms with van der Waals surface area (Å²) in [5, 5.41) is 0. The van der Waals surface area contributed by atoms with E-state index in [9.17, 15) is 4.21 Å². The first-order valence-electron chi connectivity index (χ1n) is 8.39. The predicted octanol–water partition coefficient (Wildman–Crippen LogP) is 4.51. The molecular formula is C17H22N2OS2. The fourth-order valence-electron chi connectivity index (χ4n) is 3.90. The third-order valence-electron chi connectivity index (χ3n) is 4.98. The SMILES string of the molecule is O=S(c1nc2ccccc2s1)N(C1CCCC1)C1CCCC1. The van der Waals surface area contributed by atoms with Gasteiger partial charge < -0.3 is 0 Å². The van der Waals surface area contributed by atoms with Crippen molar-refractivity contribution in [1.29, 1.82) is 0 Å². The maximum Gasteiger partial charge on any atom is 0.197 e. The summed E-state index contributed by atoms with van der Waals surface area (Å²) in [7, 11) is -1.09. The first-order valence-corrected chi connectivity index (χ1v) is 10.3. The zero-order chi connectivity index (χ0) is 14.9. The van der Waals surface area contributed by atoms with Crippen molar-refractivity contribution in [1.82, 2.24) is 9.29 Å². The van der Waals surface area contributed by atoms with Gasteiger partial charge in [0, 0.05) is 12.1 Å². The Morgan fingerprint density at radius 1 is 1.00 bits per heavy atom. The van der Waals surface area contributed by atoms with E-state index in [4.69, 9.17) is 0 Å². The minimum Gasteiger partial charge on any atom is -0.235 e. The van der Waals surface area contributed by atoms with Gasteiger partial charge in [-0.1, -0.05) is 37.8 Å². The van der Waals surface area contributed by atoms with Gasteiger partial charge >= 0.3 is 0 Å². The zero-order valence-electron chi connectivity index (χ0n) is 12.7. The van der Waals surface area contributed by atoms with Crippen LogP contribution in [0.1, 0.15) is 51.4 Å². The number of benzene rings is 1. The Morgan fingerprint density at radius 2 is 1.59 bits per heavy atom. The maximum absolute atomic E-state index is 13.3. The van der Waals surface area contributed by atoms with Crippen molar-refractivity contribution < 1.29 is 4.21 Å². The summed E-state index contributed by atoms with van der Waals surface area (Å²) >= 11 is 1.60. The van der Waals surface area contributed by atoms with Crippen molar-refractivity contribution in [2.75, 3.05) is 0 Å². The number of fused-ring (bicyclic) bond motifs is 1. The average molecular weight is 335 g/mol. The lowest BCUT2D eigenvalue weighted by Crippen LogP contribution is -2.41. The van der Waals surface area contributed by atoms with Crippen molar-refractivity contribution in [2.45, 2.75) is 67.8 Å². The Hall–Kier alpha value is -0.780. The molecule has 0 N–H and O–H groups in total. The van der Waals surface area contributed by atoms with Crippen molar-refractivity contribution in [3.63, 3.8) is 0 Å². The fraction of sp³-hybridized carbons (Fsp3) is 0.588. The molecule has 118 valence electrons. The summed E-state index contributed by atoms with van der Waals surface area (Å²) < 4.78 is 17.5. The summed E-state index contributed by atoms with van der Waals surface area (Å²) in [5.41, 5.74) is 0.980. The van der Waals surface area contributed by atoms with Crippen LogP contribution < -0.4 is 0 Å². The molecule has 1 atom stereocenters. The number of hydrogen-bond donors (Lipinski definition) is 0. The van der Waals surface area contributed by atoms with E-state index >= 15 is 0 Å². The van der Waals surface area contributed by atoms with Crippen molar-refractivity contribution in [3.05, 3.63) is 24.3 Å². The first-order chi connectivity index (χ1) is 10.8. The van der Waals surface area contributed by atoms with Crippen LogP contribution in [-0.2, 0) is 11.0 Å². The summed E-state index contributed by atoms with van der Waals surface area (Å²) in [5.74, 6) is 0. The normalized spacial score (nSPS) is 22.0. The summed E-state index contributed by atoms with van der Waals surface area (Å²) in [6.45, 7) is 0. The van der Waals surface area contributed by atoms with Crippen LogP contribution in [-0.4, -0.2) is 25.6 Å². The van der Waals surface area contributed by atoms with Crippen LogP contribution in [0, 0.1) is 0 Å². The number of thiazole rings is 1. The number of hydrogen-bond acceptors (Lipinski definition) is 3. The standard InChI is InChI=1S/C17H22N2OS2/c20-22(17-18-15-11-5-6-12-16(15)21-17)19(13-7-1-2-8-13)14-9-3-4-10-14/h5-6,11-14H,1-4,7-10H2. The molecule has 1 unspecified atom stereocenters. The van der Waals surface area contributed by atoms with E-state index in [0.29, 0.717) is 12.1 Å². The van der Waals surface area contributed by atoms with Gasteiger partial charge in [-0.25, -0.2) is 13.5 Å². The van der Waals surface area contributed by atoms with Crippen LogP contribution in [0.4, 0.5) is 0 Å². The summed E-state index contributed by atoms with van der Waals surface area (Å²) in [6.07, 6.45) is 9.94. The lowest BCUT2D eigenvalue weighted by Gasteiger charge is -2.31. The Morgan fingerprint density at radius 3 is 2.18 bits per heavy atom. The molecule has 0 radical (unpaired) electrons. The molecule has 2 aliphatic carbocycles. The van der Waals surface area contributed by atoms with Crippen molar-refractivity contribution in [3.8, 4) is 0 Å². The van der Waals surface area contributed by atoms with Crippen LogP contribution in [0.15, 0.2) is 28.6 Å².